The molecule has 1 aromatic heterocycles. The van der Waals surface area contributed by atoms with Crippen molar-refractivity contribution in [2.45, 2.75) is 24.2 Å². The SMILES string of the molecule is COc1ccccc1-n1c(COc2ccccc2-c2ccccc2)nnc1SCCC1NC(=O)NC1=O. The van der Waals surface area contributed by atoms with Crippen LogP contribution in [-0.4, -0.2) is 45.6 Å². The number of aromatic nitrogens is 3. The highest BCUT2D eigenvalue weighted by Gasteiger charge is 2.29. The minimum atomic E-state index is -0.556. The summed E-state index contributed by atoms with van der Waals surface area (Å²) in [6, 6.07) is 24.5. The van der Waals surface area contributed by atoms with E-state index in [0.717, 1.165) is 22.6 Å². The average molecular weight is 516 g/mol. The fourth-order valence-corrected chi connectivity index (χ4v) is 5.03. The Morgan fingerprint density at radius 1 is 0.919 bits per heavy atom. The molecule has 0 aliphatic carbocycles. The summed E-state index contributed by atoms with van der Waals surface area (Å²) in [5.41, 5.74) is 2.82. The molecular formula is C27H25N5O4S. The summed E-state index contributed by atoms with van der Waals surface area (Å²) in [6.07, 6.45) is 0.456. The van der Waals surface area contributed by atoms with Gasteiger partial charge in [0.25, 0.3) is 5.91 Å². The topological polar surface area (TPSA) is 107 Å². The molecule has 4 aromatic rings. The minimum absolute atomic E-state index is 0.177. The van der Waals surface area contributed by atoms with Crippen molar-refractivity contribution in [2.24, 2.45) is 0 Å². The largest absolute Gasteiger partial charge is 0.495 e. The highest BCUT2D eigenvalue weighted by molar-refractivity contribution is 7.99. The maximum Gasteiger partial charge on any atom is 0.322 e. The summed E-state index contributed by atoms with van der Waals surface area (Å²) in [7, 11) is 1.61. The zero-order valence-electron chi connectivity index (χ0n) is 20.1. The van der Waals surface area contributed by atoms with Gasteiger partial charge in [-0.05, 0) is 30.2 Å². The fraction of sp³-hybridized carbons (Fsp3) is 0.185. The molecule has 1 atom stereocenters. The maximum absolute atomic E-state index is 11.9. The van der Waals surface area contributed by atoms with Crippen LogP contribution in [0.4, 0.5) is 4.79 Å². The molecule has 0 radical (unpaired) electrons. The van der Waals surface area contributed by atoms with E-state index in [1.54, 1.807) is 7.11 Å². The summed E-state index contributed by atoms with van der Waals surface area (Å²) in [4.78, 5) is 23.3. The third kappa shape index (κ3) is 5.44. The highest BCUT2D eigenvalue weighted by atomic mass is 32.2. The first kappa shape index (κ1) is 24.4. The van der Waals surface area contributed by atoms with E-state index in [4.69, 9.17) is 9.47 Å². The summed E-state index contributed by atoms with van der Waals surface area (Å²) in [6.45, 7) is 0.177. The number of nitrogens with zero attached hydrogens (tertiary/aromatic N) is 3. The molecule has 3 aromatic carbocycles. The summed E-state index contributed by atoms with van der Waals surface area (Å²) in [5.74, 6) is 2.23. The Labute approximate surface area is 218 Å². The molecule has 37 heavy (non-hydrogen) atoms. The van der Waals surface area contributed by atoms with Gasteiger partial charge in [-0.25, -0.2) is 4.79 Å². The second-order valence-corrected chi connectivity index (χ2v) is 9.27. The van der Waals surface area contributed by atoms with Crippen LogP contribution in [0.2, 0.25) is 0 Å². The minimum Gasteiger partial charge on any atom is -0.495 e. The van der Waals surface area contributed by atoms with Gasteiger partial charge in [-0.1, -0.05) is 72.4 Å². The van der Waals surface area contributed by atoms with E-state index in [2.05, 4.69) is 20.8 Å². The molecule has 2 heterocycles. The van der Waals surface area contributed by atoms with Crippen molar-refractivity contribution in [3.8, 4) is 28.3 Å². The first-order valence-electron chi connectivity index (χ1n) is 11.7. The van der Waals surface area contributed by atoms with E-state index in [1.807, 2.05) is 83.4 Å². The number of thioether (sulfide) groups is 1. The Bertz CT molecular complexity index is 1410. The van der Waals surface area contributed by atoms with Crippen LogP contribution < -0.4 is 20.1 Å². The van der Waals surface area contributed by atoms with Gasteiger partial charge in [-0.2, -0.15) is 0 Å². The van der Waals surface area contributed by atoms with Crippen LogP contribution in [0.5, 0.6) is 11.5 Å². The van der Waals surface area contributed by atoms with Crippen molar-refractivity contribution in [2.75, 3.05) is 12.9 Å². The smallest absolute Gasteiger partial charge is 0.322 e. The highest BCUT2D eigenvalue weighted by Crippen LogP contribution is 2.32. The molecule has 1 aliphatic rings. The molecule has 188 valence electrons. The number of benzene rings is 3. The lowest BCUT2D eigenvalue weighted by atomic mass is 10.1. The van der Waals surface area contributed by atoms with Gasteiger partial charge >= 0.3 is 6.03 Å². The summed E-state index contributed by atoms with van der Waals surface area (Å²) >= 11 is 1.44. The van der Waals surface area contributed by atoms with Gasteiger partial charge in [0.15, 0.2) is 11.0 Å². The van der Waals surface area contributed by atoms with Gasteiger partial charge in [0.05, 0.1) is 12.8 Å². The Balaban J connectivity index is 1.40. The van der Waals surface area contributed by atoms with Gasteiger partial charge in [0.1, 0.15) is 24.1 Å². The van der Waals surface area contributed by atoms with Crippen LogP contribution in [0, 0.1) is 0 Å². The zero-order chi connectivity index (χ0) is 25.6. The number of rotatable bonds is 10. The number of para-hydroxylation sites is 3. The molecule has 1 saturated heterocycles. The summed E-state index contributed by atoms with van der Waals surface area (Å²) < 4.78 is 13.8. The zero-order valence-corrected chi connectivity index (χ0v) is 20.9. The third-order valence-corrected chi connectivity index (χ3v) is 6.81. The molecular weight excluding hydrogens is 490 g/mol. The van der Waals surface area contributed by atoms with Crippen molar-refractivity contribution in [3.05, 3.63) is 84.7 Å². The molecule has 0 spiro atoms. The first-order chi connectivity index (χ1) is 18.1. The molecule has 9 nitrogen and oxygen atoms in total. The lowest BCUT2D eigenvalue weighted by Crippen LogP contribution is -2.29. The monoisotopic (exact) mass is 515 g/mol. The molecule has 5 rings (SSSR count). The normalized spacial score (nSPS) is 14.8. The van der Waals surface area contributed by atoms with Crippen molar-refractivity contribution in [1.82, 2.24) is 25.4 Å². The predicted molar refractivity (Wildman–Crippen MR) is 140 cm³/mol. The lowest BCUT2D eigenvalue weighted by Gasteiger charge is -2.15. The molecule has 0 bridgehead atoms. The average Bonchev–Trinajstić information content (AvgIpc) is 3.49. The number of hydrogen-bond donors (Lipinski definition) is 2. The quantitative estimate of drug-likeness (QED) is 0.241. The standard InChI is InChI=1S/C27H25N5O4S/c1-35-23-14-8-6-12-21(23)32-24(30-31-27(32)37-16-15-20-25(33)29-26(34)28-20)17-36-22-13-7-5-11-19(22)18-9-3-2-4-10-18/h2-14,20H,15-17H2,1H3,(H2,28,29,33,34). The Morgan fingerprint density at radius 2 is 1.65 bits per heavy atom. The number of carbonyl (C=O) groups excluding carboxylic acids is 2. The van der Waals surface area contributed by atoms with Crippen molar-refractivity contribution in [3.63, 3.8) is 0 Å². The number of ether oxygens (including phenoxy) is 2. The number of imide groups is 1. The molecule has 3 amide bonds. The van der Waals surface area contributed by atoms with E-state index >= 15 is 0 Å². The fourth-order valence-electron chi connectivity index (χ4n) is 4.06. The van der Waals surface area contributed by atoms with Crippen molar-refractivity contribution < 1.29 is 19.1 Å². The van der Waals surface area contributed by atoms with Gasteiger partial charge in [0.2, 0.25) is 0 Å². The van der Waals surface area contributed by atoms with Crippen LogP contribution in [0.3, 0.4) is 0 Å². The van der Waals surface area contributed by atoms with E-state index in [-0.39, 0.29) is 12.5 Å². The molecule has 1 unspecified atom stereocenters. The maximum atomic E-state index is 11.9. The Morgan fingerprint density at radius 3 is 2.41 bits per heavy atom. The number of methoxy groups -OCH3 is 1. The molecule has 1 aliphatic heterocycles. The Kier molecular flexibility index (Phi) is 7.36. The third-order valence-electron chi connectivity index (χ3n) is 5.85. The van der Waals surface area contributed by atoms with Crippen LogP contribution in [0.15, 0.2) is 84.0 Å². The Hall–Kier alpha value is -4.31. The van der Waals surface area contributed by atoms with Gasteiger partial charge in [-0.3, -0.25) is 14.7 Å². The number of nitrogens with one attached hydrogen (secondary N) is 2. The van der Waals surface area contributed by atoms with Crippen LogP contribution in [-0.2, 0) is 11.4 Å². The number of amides is 3. The van der Waals surface area contributed by atoms with Crippen molar-refractivity contribution >= 4 is 23.7 Å². The van der Waals surface area contributed by atoms with Crippen LogP contribution in [0.25, 0.3) is 16.8 Å². The number of hydrogen-bond acceptors (Lipinski definition) is 7. The van der Waals surface area contributed by atoms with Gasteiger partial charge < -0.3 is 14.8 Å². The van der Waals surface area contributed by atoms with Crippen LogP contribution >= 0.6 is 11.8 Å². The molecule has 0 saturated carbocycles. The molecule has 1 fully saturated rings. The number of urea groups is 1. The second-order valence-electron chi connectivity index (χ2n) is 8.21. The molecule has 2 N–H and O–H groups in total. The van der Waals surface area contributed by atoms with Crippen molar-refractivity contribution in [1.29, 1.82) is 0 Å². The first-order valence-corrected chi connectivity index (χ1v) is 12.7. The second kappa shape index (κ2) is 11.2. The van der Waals surface area contributed by atoms with E-state index in [9.17, 15) is 9.59 Å². The van der Waals surface area contributed by atoms with Crippen LogP contribution in [0.1, 0.15) is 12.2 Å². The predicted octanol–water partition coefficient (Wildman–Crippen LogP) is 4.21. The van der Waals surface area contributed by atoms with Gasteiger partial charge in [0, 0.05) is 11.3 Å². The summed E-state index contributed by atoms with van der Waals surface area (Å²) in [5, 5.41) is 14.3. The van der Waals surface area contributed by atoms with Gasteiger partial charge in [-0.15, -0.1) is 10.2 Å². The number of carbonyl (C=O) groups is 2. The van der Waals surface area contributed by atoms with E-state index in [0.29, 0.717) is 28.9 Å². The van der Waals surface area contributed by atoms with E-state index in [1.165, 1.54) is 11.8 Å². The lowest BCUT2D eigenvalue weighted by molar-refractivity contribution is -0.120. The van der Waals surface area contributed by atoms with E-state index < -0.39 is 12.1 Å². The molecule has 10 heteroatoms.